The molecule has 12 aromatic rings. The summed E-state index contributed by atoms with van der Waals surface area (Å²) in [6.07, 6.45) is 0. The van der Waals surface area contributed by atoms with Crippen molar-refractivity contribution in [2.75, 3.05) is 0 Å². The predicted octanol–water partition coefficient (Wildman–Crippen LogP) is 13.4. The minimum absolute atomic E-state index is 0.680. The first kappa shape index (κ1) is 28.1. The van der Waals surface area contributed by atoms with Gasteiger partial charge in [-0.1, -0.05) is 133 Å². The maximum absolute atomic E-state index is 5.55. The van der Waals surface area contributed by atoms with Gasteiger partial charge in [-0.2, -0.15) is 0 Å². The molecule has 0 radical (unpaired) electrons. The van der Waals surface area contributed by atoms with Gasteiger partial charge in [0, 0.05) is 31.8 Å². The van der Waals surface area contributed by atoms with Gasteiger partial charge in [0.25, 0.3) is 0 Å². The molecule has 9 aromatic carbocycles. The molecule has 3 aromatic heterocycles. The van der Waals surface area contributed by atoms with Crippen molar-refractivity contribution in [2.24, 2.45) is 0 Å². The van der Waals surface area contributed by atoms with Gasteiger partial charge in [-0.3, -0.25) is 4.57 Å². The van der Waals surface area contributed by atoms with Gasteiger partial charge in [0.1, 0.15) is 0 Å². The van der Waals surface area contributed by atoms with Gasteiger partial charge in [0.05, 0.1) is 26.9 Å². The van der Waals surface area contributed by atoms with Crippen LogP contribution in [0.1, 0.15) is 0 Å². The number of hydrogen-bond donors (Lipinski definition) is 0. The first-order chi connectivity index (χ1) is 25.8. The van der Waals surface area contributed by atoms with Crippen molar-refractivity contribution in [3.63, 3.8) is 0 Å². The molecule has 4 heteroatoms. The molecule has 0 bridgehead atoms. The van der Waals surface area contributed by atoms with Crippen LogP contribution in [0.15, 0.2) is 164 Å². The van der Waals surface area contributed by atoms with E-state index in [0.717, 1.165) is 37.9 Å². The summed E-state index contributed by atoms with van der Waals surface area (Å²) in [6, 6.07) is 59.5. The highest BCUT2D eigenvalue weighted by Gasteiger charge is 2.23. The second-order valence-electron chi connectivity index (χ2n) is 13.7. The zero-order valence-corrected chi connectivity index (χ0v) is 28.7. The molecule has 52 heavy (non-hydrogen) atoms. The number of rotatable bonds is 2. The molecule has 12 rings (SSSR count). The highest BCUT2D eigenvalue weighted by molar-refractivity contribution is 7.26. The van der Waals surface area contributed by atoms with Crippen molar-refractivity contribution in [1.29, 1.82) is 0 Å². The summed E-state index contributed by atoms with van der Waals surface area (Å²) in [5.41, 5.74) is 5.23. The van der Waals surface area contributed by atoms with Crippen LogP contribution < -0.4 is 0 Å². The average molecular weight is 678 g/mol. The third-order valence-electron chi connectivity index (χ3n) is 10.9. The first-order valence-corrected chi connectivity index (χ1v) is 18.5. The minimum atomic E-state index is 0.680. The highest BCUT2D eigenvalue weighted by atomic mass is 32.1. The summed E-state index contributed by atoms with van der Waals surface area (Å²) in [4.78, 5) is 11.0. The van der Waals surface area contributed by atoms with Gasteiger partial charge in [0.2, 0.25) is 5.95 Å². The fraction of sp³-hybridized carbons (Fsp3) is 0. The summed E-state index contributed by atoms with van der Waals surface area (Å²) < 4.78 is 4.63. The van der Waals surface area contributed by atoms with Crippen LogP contribution in [-0.4, -0.2) is 14.5 Å². The molecule has 3 heterocycles. The lowest BCUT2D eigenvalue weighted by atomic mass is 9.91. The summed E-state index contributed by atoms with van der Waals surface area (Å²) in [7, 11) is 0. The van der Waals surface area contributed by atoms with E-state index in [9.17, 15) is 0 Å². The molecule has 0 amide bonds. The number of aromatic nitrogens is 3. The van der Waals surface area contributed by atoms with Crippen molar-refractivity contribution in [3.05, 3.63) is 164 Å². The molecular weight excluding hydrogens is 651 g/mol. The molecule has 0 atom stereocenters. The second-order valence-corrected chi connectivity index (χ2v) is 14.8. The number of hydrogen-bond acceptors (Lipinski definition) is 3. The molecule has 0 saturated carbocycles. The van der Waals surface area contributed by atoms with Crippen LogP contribution in [-0.2, 0) is 0 Å². The second kappa shape index (κ2) is 10.5. The average Bonchev–Trinajstić information content (AvgIpc) is 3.74. The molecule has 0 fully saturated rings. The Balaban J connectivity index is 1.28. The molecule has 0 unspecified atom stereocenters. The standard InChI is InChI=1S/C48H27N3S/c1-2-12-29-25-32(22-21-28(29)11-1)45-47-46(38-19-9-10-20-42(38)52-47)50-48(49-45)51-40-24-23-37-35-17-6-5-15-33(35)34-16-7-8-18-36(34)43(37)44(40)39-26-30-13-3-4-14-31(30)27-41(39)51/h1-27H. The van der Waals surface area contributed by atoms with Gasteiger partial charge < -0.3 is 0 Å². The molecule has 0 N–H and O–H groups in total. The van der Waals surface area contributed by atoms with E-state index in [-0.39, 0.29) is 0 Å². The van der Waals surface area contributed by atoms with Crippen LogP contribution in [0, 0.1) is 0 Å². The Kier molecular flexibility index (Phi) is 5.65. The first-order valence-electron chi connectivity index (χ1n) is 17.7. The molecule has 0 spiro atoms. The number of thiophene rings is 1. The van der Waals surface area contributed by atoms with Crippen LogP contribution >= 0.6 is 11.3 Å². The normalized spacial score (nSPS) is 12.2. The van der Waals surface area contributed by atoms with Crippen molar-refractivity contribution < 1.29 is 0 Å². The lowest BCUT2D eigenvalue weighted by molar-refractivity contribution is 1.02. The smallest absolute Gasteiger partial charge is 0.235 e. The third-order valence-corrected chi connectivity index (χ3v) is 12.1. The fourth-order valence-corrected chi connectivity index (χ4v) is 9.77. The zero-order chi connectivity index (χ0) is 33.9. The highest BCUT2D eigenvalue weighted by Crippen LogP contribution is 2.45. The Hall–Kier alpha value is -6.62. The Morgan fingerprint density at radius 1 is 0.404 bits per heavy atom. The van der Waals surface area contributed by atoms with Gasteiger partial charge >= 0.3 is 0 Å². The fourth-order valence-electron chi connectivity index (χ4n) is 8.61. The summed E-state index contributed by atoms with van der Waals surface area (Å²) in [5.74, 6) is 0.680. The van der Waals surface area contributed by atoms with Crippen LogP contribution in [0.3, 0.4) is 0 Å². The maximum Gasteiger partial charge on any atom is 0.235 e. The third kappa shape index (κ3) is 3.84. The quantitative estimate of drug-likeness (QED) is 0.171. The predicted molar refractivity (Wildman–Crippen MR) is 222 cm³/mol. The zero-order valence-electron chi connectivity index (χ0n) is 27.8. The molecule has 240 valence electrons. The van der Waals surface area contributed by atoms with Gasteiger partial charge in [-0.15, -0.1) is 11.3 Å². The van der Waals surface area contributed by atoms with Crippen LogP contribution in [0.5, 0.6) is 0 Å². The Labute approximate surface area is 301 Å². The minimum Gasteiger partial charge on any atom is -0.278 e. The van der Waals surface area contributed by atoms with E-state index in [2.05, 4.69) is 168 Å². The van der Waals surface area contributed by atoms with Crippen molar-refractivity contribution in [3.8, 4) is 17.2 Å². The lowest BCUT2D eigenvalue weighted by Gasteiger charge is -2.13. The number of nitrogens with zero attached hydrogens (tertiary/aromatic N) is 3. The largest absolute Gasteiger partial charge is 0.278 e. The van der Waals surface area contributed by atoms with E-state index in [1.54, 1.807) is 11.3 Å². The molecule has 0 aliphatic carbocycles. The molecular formula is C48H27N3S. The van der Waals surface area contributed by atoms with Crippen molar-refractivity contribution >= 4 is 107 Å². The van der Waals surface area contributed by atoms with Crippen molar-refractivity contribution in [1.82, 2.24) is 14.5 Å². The van der Waals surface area contributed by atoms with Crippen LogP contribution in [0.4, 0.5) is 0 Å². The summed E-state index contributed by atoms with van der Waals surface area (Å²) >= 11 is 1.77. The lowest BCUT2D eigenvalue weighted by Crippen LogP contribution is -2.03. The molecule has 0 aliphatic rings. The Bertz CT molecular complexity index is 3440. The van der Waals surface area contributed by atoms with E-state index in [0.29, 0.717) is 5.95 Å². The summed E-state index contributed by atoms with van der Waals surface area (Å²) in [5, 5.41) is 16.0. The van der Waals surface area contributed by atoms with Crippen LogP contribution in [0.25, 0.3) is 113 Å². The molecule has 0 aliphatic heterocycles. The van der Waals surface area contributed by atoms with E-state index < -0.39 is 0 Å². The molecule has 3 nitrogen and oxygen atoms in total. The SMILES string of the molecule is c1ccc2cc(-c3nc(-n4c5cc6ccccc6cc5c5c6c7ccccc7c7ccccc7c6ccc54)nc4c3sc3ccccc34)ccc2c1. The van der Waals surface area contributed by atoms with E-state index in [1.807, 2.05) is 0 Å². The Morgan fingerprint density at radius 2 is 1.00 bits per heavy atom. The van der Waals surface area contributed by atoms with E-state index >= 15 is 0 Å². The number of fused-ring (bicyclic) bond motifs is 15. The van der Waals surface area contributed by atoms with Gasteiger partial charge in [0.15, 0.2) is 0 Å². The van der Waals surface area contributed by atoms with Crippen LogP contribution in [0.2, 0.25) is 0 Å². The van der Waals surface area contributed by atoms with E-state index in [4.69, 9.17) is 9.97 Å². The maximum atomic E-state index is 5.55. The van der Waals surface area contributed by atoms with Crippen molar-refractivity contribution in [2.45, 2.75) is 0 Å². The van der Waals surface area contributed by atoms with E-state index in [1.165, 1.54) is 69.3 Å². The summed E-state index contributed by atoms with van der Waals surface area (Å²) in [6.45, 7) is 0. The topological polar surface area (TPSA) is 30.7 Å². The van der Waals surface area contributed by atoms with Gasteiger partial charge in [-0.05, 0) is 78.8 Å². The Morgan fingerprint density at radius 3 is 1.77 bits per heavy atom. The number of benzene rings is 9. The monoisotopic (exact) mass is 677 g/mol. The molecule has 0 saturated heterocycles. The van der Waals surface area contributed by atoms with Gasteiger partial charge in [-0.25, -0.2) is 9.97 Å².